The number of anilines is 1. The van der Waals surface area contributed by atoms with Gasteiger partial charge in [-0.2, -0.15) is 0 Å². The van der Waals surface area contributed by atoms with Crippen molar-refractivity contribution in [3.63, 3.8) is 0 Å². The number of carbonyl (C=O) groups is 1. The molecule has 0 aliphatic carbocycles. The van der Waals surface area contributed by atoms with Gasteiger partial charge in [0, 0.05) is 10.6 Å². The van der Waals surface area contributed by atoms with Gasteiger partial charge in [0.1, 0.15) is 13.2 Å². The molecule has 0 saturated heterocycles. The van der Waals surface area contributed by atoms with E-state index in [0.29, 0.717) is 35.3 Å². The summed E-state index contributed by atoms with van der Waals surface area (Å²) in [6.45, 7) is 0.983. The third-order valence-electron chi connectivity index (χ3n) is 3.61. The first-order valence-electron chi connectivity index (χ1n) is 7.60. The van der Waals surface area contributed by atoms with Gasteiger partial charge in [-0.25, -0.2) is 0 Å². The molecule has 1 aromatic heterocycles. The van der Waals surface area contributed by atoms with Crippen molar-refractivity contribution in [3.8, 4) is 23.0 Å². The molecule has 0 atom stereocenters. The van der Waals surface area contributed by atoms with Crippen LogP contribution in [0.5, 0.6) is 11.5 Å². The predicted molar refractivity (Wildman–Crippen MR) is 95.1 cm³/mol. The zero-order chi connectivity index (χ0) is 18.1. The molecule has 132 valence electrons. The van der Waals surface area contributed by atoms with Gasteiger partial charge < -0.3 is 13.9 Å². The van der Waals surface area contributed by atoms with Crippen molar-refractivity contribution in [2.75, 3.05) is 18.5 Å². The number of hydrogen-bond donors (Lipinski definition) is 1. The summed E-state index contributed by atoms with van der Waals surface area (Å²) in [6, 6.07) is 9.79. The topological polar surface area (TPSA) is 86.5 Å². The molecule has 1 aliphatic heterocycles. The van der Waals surface area contributed by atoms with E-state index in [-0.39, 0.29) is 22.5 Å². The average Bonchev–Trinajstić information content (AvgIpc) is 3.11. The quantitative estimate of drug-likeness (QED) is 0.723. The first kappa shape index (κ1) is 16.7. The number of nitrogens with zero attached hydrogens (tertiary/aromatic N) is 2. The van der Waals surface area contributed by atoms with Crippen LogP contribution >= 0.6 is 23.2 Å². The Balaban J connectivity index is 1.55. The van der Waals surface area contributed by atoms with Crippen molar-refractivity contribution in [3.05, 3.63) is 52.0 Å². The summed E-state index contributed by atoms with van der Waals surface area (Å²) in [5.41, 5.74) is 0.848. The lowest BCUT2D eigenvalue weighted by atomic mass is 10.2. The van der Waals surface area contributed by atoms with E-state index in [1.165, 1.54) is 12.1 Å². The monoisotopic (exact) mass is 391 g/mol. The smallest absolute Gasteiger partial charge is 0.322 e. The highest BCUT2D eigenvalue weighted by molar-refractivity contribution is 6.36. The van der Waals surface area contributed by atoms with E-state index in [0.717, 1.165) is 0 Å². The second kappa shape index (κ2) is 6.86. The molecule has 0 spiro atoms. The molecule has 1 amide bonds. The number of hydrogen-bond acceptors (Lipinski definition) is 6. The Morgan fingerprint density at radius 3 is 2.65 bits per heavy atom. The molecule has 0 bridgehead atoms. The van der Waals surface area contributed by atoms with Crippen LogP contribution in [0.1, 0.15) is 10.4 Å². The Labute approximate surface area is 157 Å². The highest BCUT2D eigenvalue weighted by Crippen LogP contribution is 2.34. The fourth-order valence-corrected chi connectivity index (χ4v) is 2.78. The molecular weight excluding hydrogens is 381 g/mol. The summed E-state index contributed by atoms with van der Waals surface area (Å²) in [4.78, 5) is 12.3. The Morgan fingerprint density at radius 1 is 1.00 bits per heavy atom. The van der Waals surface area contributed by atoms with Crippen molar-refractivity contribution in [1.82, 2.24) is 10.2 Å². The van der Waals surface area contributed by atoms with Crippen LogP contribution < -0.4 is 14.8 Å². The standard InChI is InChI=1S/C17H11Cl2N3O4/c18-10-2-3-12(19)11(8-10)15(23)20-17-22-21-16(26-17)9-1-4-13-14(7-9)25-6-5-24-13/h1-4,7-8H,5-6H2,(H,20,22,23). The summed E-state index contributed by atoms with van der Waals surface area (Å²) in [6.07, 6.45) is 0. The minimum atomic E-state index is -0.505. The maximum absolute atomic E-state index is 12.3. The zero-order valence-electron chi connectivity index (χ0n) is 13.2. The highest BCUT2D eigenvalue weighted by Gasteiger charge is 2.18. The summed E-state index contributed by atoms with van der Waals surface area (Å²) in [5, 5.41) is 10.9. The summed E-state index contributed by atoms with van der Waals surface area (Å²) in [5.74, 6) is 0.983. The summed E-state index contributed by atoms with van der Waals surface area (Å²) >= 11 is 11.9. The van der Waals surface area contributed by atoms with Crippen LogP contribution in [0.25, 0.3) is 11.5 Å². The molecule has 0 radical (unpaired) electrons. The van der Waals surface area contributed by atoms with E-state index in [9.17, 15) is 4.79 Å². The maximum atomic E-state index is 12.3. The number of rotatable bonds is 3. The SMILES string of the molecule is O=C(Nc1nnc(-c2ccc3c(c2)OCCO3)o1)c1cc(Cl)ccc1Cl. The molecule has 4 rings (SSSR count). The Bertz CT molecular complexity index is 990. The minimum absolute atomic E-state index is 0.0593. The third kappa shape index (κ3) is 3.31. The Kier molecular flexibility index (Phi) is 4.40. The van der Waals surface area contributed by atoms with E-state index in [1.807, 2.05) is 0 Å². The summed E-state index contributed by atoms with van der Waals surface area (Å²) < 4.78 is 16.5. The van der Waals surface area contributed by atoms with Crippen molar-refractivity contribution >= 4 is 35.1 Å². The lowest BCUT2D eigenvalue weighted by molar-refractivity contribution is 0.102. The molecular formula is C17H11Cl2N3O4. The lowest BCUT2D eigenvalue weighted by Crippen LogP contribution is -2.15. The number of aromatic nitrogens is 2. The average molecular weight is 392 g/mol. The van der Waals surface area contributed by atoms with Crippen LogP contribution in [0.4, 0.5) is 6.01 Å². The van der Waals surface area contributed by atoms with Gasteiger partial charge in [-0.05, 0) is 36.4 Å². The minimum Gasteiger partial charge on any atom is -0.486 e. The second-order valence-electron chi connectivity index (χ2n) is 5.35. The largest absolute Gasteiger partial charge is 0.486 e. The highest BCUT2D eigenvalue weighted by atomic mass is 35.5. The molecule has 0 fully saturated rings. The second-order valence-corrected chi connectivity index (χ2v) is 6.19. The Morgan fingerprint density at radius 2 is 1.81 bits per heavy atom. The number of carbonyl (C=O) groups excluding carboxylic acids is 1. The molecule has 7 nitrogen and oxygen atoms in total. The van der Waals surface area contributed by atoms with Crippen LogP contribution in [0.15, 0.2) is 40.8 Å². The molecule has 2 heterocycles. The predicted octanol–water partition coefficient (Wildman–Crippen LogP) is 4.07. The first-order valence-corrected chi connectivity index (χ1v) is 8.36. The van der Waals surface area contributed by atoms with Crippen LogP contribution in [-0.2, 0) is 0 Å². The van der Waals surface area contributed by atoms with E-state index in [1.54, 1.807) is 24.3 Å². The van der Waals surface area contributed by atoms with Gasteiger partial charge >= 0.3 is 6.01 Å². The van der Waals surface area contributed by atoms with E-state index >= 15 is 0 Å². The Hall–Kier alpha value is -2.77. The number of fused-ring (bicyclic) bond motifs is 1. The van der Waals surface area contributed by atoms with Crippen LogP contribution in [0.3, 0.4) is 0 Å². The van der Waals surface area contributed by atoms with Gasteiger partial charge in [0.15, 0.2) is 11.5 Å². The van der Waals surface area contributed by atoms with Gasteiger partial charge in [0.25, 0.3) is 5.91 Å². The van der Waals surface area contributed by atoms with Gasteiger partial charge in [-0.1, -0.05) is 28.3 Å². The molecule has 0 unspecified atom stereocenters. The third-order valence-corrected chi connectivity index (χ3v) is 4.17. The normalized spacial score (nSPS) is 12.7. The van der Waals surface area contributed by atoms with Crippen molar-refractivity contribution < 1.29 is 18.7 Å². The number of halogens is 2. The van der Waals surface area contributed by atoms with Crippen molar-refractivity contribution in [2.45, 2.75) is 0 Å². The number of amides is 1. The summed E-state index contributed by atoms with van der Waals surface area (Å²) in [7, 11) is 0. The maximum Gasteiger partial charge on any atom is 0.322 e. The molecule has 0 saturated carbocycles. The number of nitrogens with one attached hydrogen (secondary N) is 1. The van der Waals surface area contributed by atoms with Crippen LogP contribution in [0, 0.1) is 0 Å². The van der Waals surface area contributed by atoms with Crippen LogP contribution in [-0.4, -0.2) is 29.3 Å². The van der Waals surface area contributed by atoms with Crippen molar-refractivity contribution in [1.29, 1.82) is 0 Å². The molecule has 2 aromatic carbocycles. The van der Waals surface area contributed by atoms with Gasteiger partial charge in [-0.15, -0.1) is 5.10 Å². The number of ether oxygens (including phenoxy) is 2. The molecule has 3 aromatic rings. The van der Waals surface area contributed by atoms with Crippen molar-refractivity contribution in [2.24, 2.45) is 0 Å². The fourth-order valence-electron chi connectivity index (χ4n) is 2.40. The number of benzene rings is 2. The molecule has 9 heteroatoms. The molecule has 1 aliphatic rings. The fraction of sp³-hybridized carbons (Fsp3) is 0.118. The molecule has 1 N–H and O–H groups in total. The van der Waals surface area contributed by atoms with E-state index in [2.05, 4.69) is 15.5 Å². The molecule has 26 heavy (non-hydrogen) atoms. The zero-order valence-corrected chi connectivity index (χ0v) is 14.7. The first-order chi connectivity index (χ1) is 12.6. The van der Waals surface area contributed by atoms with Crippen LogP contribution in [0.2, 0.25) is 10.0 Å². The lowest BCUT2D eigenvalue weighted by Gasteiger charge is -2.18. The van der Waals surface area contributed by atoms with Gasteiger partial charge in [0.2, 0.25) is 5.89 Å². The van der Waals surface area contributed by atoms with Gasteiger partial charge in [0.05, 0.1) is 10.6 Å². The van der Waals surface area contributed by atoms with Gasteiger partial charge in [-0.3, -0.25) is 10.1 Å². The van der Waals surface area contributed by atoms with E-state index < -0.39 is 5.91 Å². The van der Waals surface area contributed by atoms with E-state index in [4.69, 9.17) is 37.1 Å².